The Morgan fingerprint density at radius 3 is 2.87 bits per heavy atom. The Balaban J connectivity index is 1.28. The summed E-state index contributed by atoms with van der Waals surface area (Å²) in [6.45, 7) is 0.985. The first-order valence-electron chi connectivity index (χ1n) is 10.9. The van der Waals surface area contributed by atoms with E-state index in [1.54, 1.807) is 4.90 Å². The number of fused-ring (bicyclic) bond motifs is 1. The van der Waals surface area contributed by atoms with E-state index in [1.165, 1.54) is 16.7 Å². The first-order chi connectivity index (χ1) is 14.6. The van der Waals surface area contributed by atoms with E-state index in [0.717, 1.165) is 38.4 Å². The van der Waals surface area contributed by atoms with Crippen LogP contribution in [-0.4, -0.2) is 52.9 Å². The third-order valence-corrected chi connectivity index (χ3v) is 6.93. The van der Waals surface area contributed by atoms with Gasteiger partial charge in [-0.05, 0) is 49.7 Å². The van der Waals surface area contributed by atoms with E-state index in [9.17, 15) is 14.4 Å². The van der Waals surface area contributed by atoms with Crippen LogP contribution in [0.1, 0.15) is 49.7 Å². The largest absolute Gasteiger partial charge is 0.332 e. The molecule has 3 atom stereocenters. The standard InChI is InChI=1S/C24H28N2O3S/c27-15-19-9-5-11-26(19)24(29)23-22(21(30)14-25-23)20(28)10-4-1-6-16-12-17-7-2-3-8-18(17)13-16/h2-3,7-8,12,15,19,22-23,25H,1,4-6,9-11,13-14H2/t19-,22?,23-/m0/s1. The molecular weight excluding hydrogens is 396 g/mol. The molecule has 0 spiro atoms. The molecule has 0 radical (unpaired) electrons. The minimum Gasteiger partial charge on any atom is -0.332 e. The number of ketones is 1. The van der Waals surface area contributed by atoms with Crippen molar-refractivity contribution in [1.82, 2.24) is 10.2 Å². The topological polar surface area (TPSA) is 66.5 Å². The minimum atomic E-state index is -0.613. The average molecular weight is 425 g/mol. The number of Topliss-reactive ketones (excluding diaryl/α,β-unsaturated/α-hetero) is 1. The maximum absolute atomic E-state index is 13.0. The van der Waals surface area contributed by atoms with Crippen LogP contribution in [-0.2, 0) is 20.8 Å². The number of benzene rings is 1. The van der Waals surface area contributed by atoms with Crippen molar-refractivity contribution < 1.29 is 14.4 Å². The predicted octanol–water partition coefficient (Wildman–Crippen LogP) is 2.90. The molecule has 2 fully saturated rings. The summed E-state index contributed by atoms with van der Waals surface area (Å²) in [5, 5.41) is 3.13. The van der Waals surface area contributed by atoms with Crippen molar-refractivity contribution in [3.63, 3.8) is 0 Å². The molecule has 1 aromatic rings. The Bertz CT molecular complexity index is 894. The number of hydrogen-bond acceptors (Lipinski definition) is 5. The van der Waals surface area contributed by atoms with E-state index in [-0.39, 0.29) is 17.7 Å². The molecule has 2 saturated heterocycles. The summed E-state index contributed by atoms with van der Waals surface area (Å²) in [7, 11) is 0. The number of nitrogens with one attached hydrogen (secondary N) is 1. The lowest BCUT2D eigenvalue weighted by Crippen LogP contribution is -2.50. The predicted molar refractivity (Wildman–Crippen MR) is 120 cm³/mol. The normalized spacial score (nSPS) is 25.3. The molecular formula is C24H28N2O3S. The second-order valence-electron chi connectivity index (χ2n) is 8.53. The van der Waals surface area contributed by atoms with E-state index in [0.29, 0.717) is 30.8 Å². The van der Waals surface area contributed by atoms with Gasteiger partial charge in [0.2, 0.25) is 5.91 Å². The van der Waals surface area contributed by atoms with Gasteiger partial charge >= 0.3 is 0 Å². The molecule has 1 aromatic carbocycles. The van der Waals surface area contributed by atoms with E-state index < -0.39 is 12.0 Å². The number of aldehydes is 1. The summed E-state index contributed by atoms with van der Waals surface area (Å²) in [5.41, 5.74) is 4.11. The Hall–Kier alpha value is -2.18. The number of thiocarbonyl (C=S) groups is 1. The smallest absolute Gasteiger partial charge is 0.241 e. The highest BCUT2D eigenvalue weighted by molar-refractivity contribution is 7.80. The number of rotatable bonds is 8. The molecule has 0 bridgehead atoms. The average Bonchev–Trinajstić information content (AvgIpc) is 3.47. The van der Waals surface area contributed by atoms with Crippen molar-refractivity contribution in [2.75, 3.05) is 13.1 Å². The third-order valence-electron chi connectivity index (χ3n) is 6.53. The van der Waals surface area contributed by atoms with Crippen molar-refractivity contribution in [1.29, 1.82) is 0 Å². The molecule has 0 saturated carbocycles. The van der Waals surface area contributed by atoms with Gasteiger partial charge in [0.05, 0.1) is 12.0 Å². The van der Waals surface area contributed by atoms with Crippen LogP contribution in [0.5, 0.6) is 0 Å². The number of unbranched alkanes of at least 4 members (excludes halogenated alkanes) is 1. The van der Waals surface area contributed by atoms with Gasteiger partial charge in [0.25, 0.3) is 0 Å². The summed E-state index contributed by atoms with van der Waals surface area (Å²) in [6.07, 6.45) is 8.82. The zero-order chi connectivity index (χ0) is 21.1. The van der Waals surface area contributed by atoms with Crippen LogP contribution >= 0.6 is 12.2 Å². The zero-order valence-corrected chi connectivity index (χ0v) is 18.0. The van der Waals surface area contributed by atoms with Gasteiger partial charge in [-0.15, -0.1) is 0 Å². The highest BCUT2D eigenvalue weighted by Gasteiger charge is 2.44. The van der Waals surface area contributed by atoms with Gasteiger partial charge in [0.15, 0.2) is 0 Å². The molecule has 1 amide bonds. The number of nitrogens with zero attached hydrogens (tertiary/aromatic N) is 1. The number of carbonyl (C=O) groups is 3. The van der Waals surface area contributed by atoms with E-state index >= 15 is 0 Å². The van der Waals surface area contributed by atoms with Gasteiger partial charge in [0.1, 0.15) is 18.1 Å². The fourth-order valence-electron chi connectivity index (χ4n) is 4.92. The summed E-state index contributed by atoms with van der Waals surface area (Å²) in [6, 6.07) is 7.47. The molecule has 2 heterocycles. The monoisotopic (exact) mass is 424 g/mol. The Morgan fingerprint density at radius 2 is 2.07 bits per heavy atom. The molecule has 158 valence electrons. The lowest BCUT2D eigenvalue weighted by molar-refractivity contribution is -0.138. The SMILES string of the molecule is O=C[C@@H]1CCCN1C(=O)[C@H]1NCC(=S)C1C(=O)CCCCC1=Cc2ccccc2C1. The van der Waals surface area contributed by atoms with Crippen molar-refractivity contribution in [3.05, 3.63) is 41.0 Å². The van der Waals surface area contributed by atoms with Crippen molar-refractivity contribution in [2.24, 2.45) is 5.92 Å². The second-order valence-corrected chi connectivity index (χ2v) is 9.06. The van der Waals surface area contributed by atoms with Crippen LogP contribution in [0.3, 0.4) is 0 Å². The number of likely N-dealkylation sites (tertiary alicyclic amines) is 1. The van der Waals surface area contributed by atoms with Gasteiger partial charge in [-0.1, -0.05) is 48.1 Å². The quantitative estimate of drug-likeness (QED) is 0.395. The molecule has 2 aliphatic heterocycles. The molecule has 3 aliphatic rings. The molecule has 1 unspecified atom stereocenters. The zero-order valence-electron chi connectivity index (χ0n) is 17.1. The number of carbonyl (C=O) groups excluding carboxylic acids is 3. The maximum Gasteiger partial charge on any atom is 0.241 e. The number of allylic oxidation sites excluding steroid dienone is 1. The first kappa shape index (κ1) is 21.1. The number of hydrogen-bond donors (Lipinski definition) is 1. The van der Waals surface area contributed by atoms with Crippen LogP contribution in [0.15, 0.2) is 29.8 Å². The van der Waals surface area contributed by atoms with E-state index in [4.69, 9.17) is 12.2 Å². The van der Waals surface area contributed by atoms with Crippen LogP contribution < -0.4 is 5.32 Å². The second kappa shape index (κ2) is 9.31. The Labute approximate surface area is 182 Å². The Morgan fingerprint density at radius 1 is 1.23 bits per heavy atom. The van der Waals surface area contributed by atoms with Gasteiger partial charge < -0.3 is 15.0 Å². The number of amides is 1. The summed E-state index contributed by atoms with van der Waals surface area (Å²) in [4.78, 5) is 39.4. The van der Waals surface area contributed by atoms with Crippen LogP contribution in [0, 0.1) is 5.92 Å². The van der Waals surface area contributed by atoms with Crippen molar-refractivity contribution >= 4 is 41.1 Å². The minimum absolute atomic E-state index is 0.0499. The molecule has 0 aromatic heterocycles. The van der Waals surface area contributed by atoms with Gasteiger partial charge in [0, 0.05) is 24.4 Å². The van der Waals surface area contributed by atoms with Crippen molar-refractivity contribution in [2.45, 2.75) is 57.0 Å². The van der Waals surface area contributed by atoms with Gasteiger partial charge in [-0.3, -0.25) is 9.59 Å². The van der Waals surface area contributed by atoms with Crippen LogP contribution in [0.4, 0.5) is 0 Å². The first-order valence-corrected chi connectivity index (χ1v) is 11.3. The molecule has 4 rings (SSSR count). The fourth-order valence-corrected chi connectivity index (χ4v) is 5.28. The van der Waals surface area contributed by atoms with Crippen LogP contribution in [0.2, 0.25) is 0 Å². The molecule has 6 heteroatoms. The van der Waals surface area contributed by atoms with E-state index in [2.05, 4.69) is 35.7 Å². The van der Waals surface area contributed by atoms with Gasteiger partial charge in [-0.2, -0.15) is 0 Å². The highest BCUT2D eigenvalue weighted by atomic mass is 32.1. The highest BCUT2D eigenvalue weighted by Crippen LogP contribution is 2.28. The lowest BCUT2D eigenvalue weighted by atomic mass is 9.91. The third kappa shape index (κ3) is 4.30. The van der Waals surface area contributed by atoms with Crippen LogP contribution in [0.25, 0.3) is 6.08 Å². The molecule has 30 heavy (non-hydrogen) atoms. The summed E-state index contributed by atoms with van der Waals surface area (Å²) in [5.74, 6) is -0.652. The summed E-state index contributed by atoms with van der Waals surface area (Å²) < 4.78 is 0. The lowest BCUT2D eigenvalue weighted by Gasteiger charge is -2.26. The van der Waals surface area contributed by atoms with Crippen molar-refractivity contribution in [3.8, 4) is 0 Å². The fraction of sp³-hybridized carbons (Fsp3) is 0.500. The summed E-state index contributed by atoms with van der Waals surface area (Å²) >= 11 is 5.42. The molecule has 5 nitrogen and oxygen atoms in total. The molecule has 1 N–H and O–H groups in total. The maximum atomic E-state index is 13.0. The van der Waals surface area contributed by atoms with Gasteiger partial charge in [-0.25, -0.2) is 0 Å². The Kier molecular flexibility index (Phi) is 6.54. The van der Waals surface area contributed by atoms with E-state index in [1.807, 2.05) is 0 Å². The molecule has 1 aliphatic carbocycles.